The zero-order chi connectivity index (χ0) is 18.6. The second-order valence-corrected chi connectivity index (χ2v) is 5.62. The highest BCUT2D eigenvalue weighted by Crippen LogP contribution is 2.31. The van der Waals surface area contributed by atoms with E-state index in [1.165, 1.54) is 18.2 Å². The molecular weight excluding hydrogens is 341 g/mol. The SMILES string of the molecule is O=C(Cn1ccc2ccccc21)NCC#Cc1ccccc1C(F)(F)F. The maximum atomic E-state index is 12.9. The summed E-state index contributed by atoms with van der Waals surface area (Å²) >= 11 is 0. The molecule has 0 aliphatic heterocycles. The lowest BCUT2D eigenvalue weighted by molar-refractivity contribution is -0.137. The second-order valence-electron chi connectivity index (χ2n) is 5.62. The van der Waals surface area contributed by atoms with Crippen LogP contribution >= 0.6 is 0 Å². The zero-order valence-electron chi connectivity index (χ0n) is 13.7. The first-order valence-electron chi connectivity index (χ1n) is 7.91. The number of para-hydroxylation sites is 1. The van der Waals surface area contributed by atoms with Crippen molar-refractivity contribution in [2.45, 2.75) is 12.7 Å². The molecule has 3 aromatic rings. The van der Waals surface area contributed by atoms with Crippen molar-refractivity contribution in [1.82, 2.24) is 9.88 Å². The van der Waals surface area contributed by atoms with Crippen molar-refractivity contribution in [1.29, 1.82) is 0 Å². The first-order valence-corrected chi connectivity index (χ1v) is 7.91. The molecule has 0 fully saturated rings. The van der Waals surface area contributed by atoms with Gasteiger partial charge in [0.15, 0.2) is 0 Å². The standard InChI is InChI=1S/C20H15F3N2O/c21-20(22,23)17-9-3-1-6-15(17)8-5-12-24-19(26)14-25-13-11-16-7-2-4-10-18(16)25/h1-4,6-7,9-11,13H,12,14H2,(H,24,26). The van der Waals surface area contributed by atoms with Crippen LogP contribution in [-0.4, -0.2) is 17.0 Å². The summed E-state index contributed by atoms with van der Waals surface area (Å²) in [5, 5.41) is 3.63. The lowest BCUT2D eigenvalue weighted by Gasteiger charge is -2.08. The summed E-state index contributed by atoms with van der Waals surface area (Å²) in [5.74, 6) is 4.78. The molecule has 0 saturated heterocycles. The molecule has 0 radical (unpaired) electrons. The molecule has 1 N–H and O–H groups in total. The Kier molecular flexibility index (Phi) is 4.99. The summed E-state index contributed by atoms with van der Waals surface area (Å²) in [7, 11) is 0. The quantitative estimate of drug-likeness (QED) is 0.711. The molecule has 0 spiro atoms. The Bertz CT molecular complexity index is 993. The van der Waals surface area contributed by atoms with E-state index in [9.17, 15) is 18.0 Å². The van der Waals surface area contributed by atoms with Gasteiger partial charge in [0.25, 0.3) is 0 Å². The molecule has 0 aliphatic carbocycles. The number of hydrogen-bond donors (Lipinski definition) is 1. The van der Waals surface area contributed by atoms with Gasteiger partial charge in [0.05, 0.1) is 12.1 Å². The molecule has 0 aliphatic rings. The molecule has 0 bridgehead atoms. The predicted octanol–water partition coefficient (Wildman–Crippen LogP) is 3.83. The van der Waals surface area contributed by atoms with Gasteiger partial charge in [-0.1, -0.05) is 42.2 Å². The number of nitrogens with zero attached hydrogens (tertiary/aromatic N) is 1. The molecule has 0 unspecified atom stereocenters. The fourth-order valence-electron chi connectivity index (χ4n) is 2.61. The molecule has 0 atom stereocenters. The Morgan fingerprint density at radius 2 is 1.77 bits per heavy atom. The minimum absolute atomic E-state index is 0.0236. The van der Waals surface area contributed by atoms with Crippen LogP contribution in [-0.2, 0) is 17.5 Å². The number of amides is 1. The van der Waals surface area contributed by atoms with Gasteiger partial charge in [-0.15, -0.1) is 0 Å². The average molecular weight is 356 g/mol. The van der Waals surface area contributed by atoms with Crippen molar-refractivity contribution in [2.24, 2.45) is 0 Å². The van der Waals surface area contributed by atoms with Crippen LogP contribution in [0.1, 0.15) is 11.1 Å². The van der Waals surface area contributed by atoms with Crippen LogP contribution in [0.3, 0.4) is 0 Å². The van der Waals surface area contributed by atoms with E-state index in [1.54, 1.807) is 4.57 Å². The van der Waals surface area contributed by atoms with Crippen LogP contribution in [0.15, 0.2) is 60.8 Å². The molecule has 3 rings (SSSR count). The molecule has 26 heavy (non-hydrogen) atoms. The summed E-state index contributed by atoms with van der Waals surface area (Å²) in [5.41, 5.74) is 0.0520. The Labute approximate surface area is 148 Å². The van der Waals surface area contributed by atoms with Crippen molar-refractivity contribution < 1.29 is 18.0 Å². The number of hydrogen-bond acceptors (Lipinski definition) is 1. The number of fused-ring (bicyclic) bond motifs is 1. The van der Waals surface area contributed by atoms with Gasteiger partial charge in [-0.05, 0) is 29.7 Å². The van der Waals surface area contributed by atoms with E-state index in [-0.39, 0.29) is 24.6 Å². The second kappa shape index (κ2) is 7.36. The van der Waals surface area contributed by atoms with E-state index in [1.807, 2.05) is 36.5 Å². The topological polar surface area (TPSA) is 34.0 Å². The lowest BCUT2D eigenvalue weighted by Crippen LogP contribution is -2.27. The number of nitrogens with one attached hydrogen (secondary N) is 1. The molecule has 2 aromatic carbocycles. The number of alkyl halides is 3. The van der Waals surface area contributed by atoms with Gasteiger partial charge in [-0.3, -0.25) is 4.79 Å². The molecule has 3 nitrogen and oxygen atoms in total. The maximum absolute atomic E-state index is 12.9. The largest absolute Gasteiger partial charge is 0.417 e. The van der Waals surface area contributed by atoms with Gasteiger partial charge < -0.3 is 9.88 Å². The van der Waals surface area contributed by atoms with Gasteiger partial charge in [0.1, 0.15) is 6.54 Å². The third kappa shape index (κ3) is 4.06. The summed E-state index contributed by atoms with van der Waals surface area (Å²) in [6.07, 6.45) is -2.64. The fourth-order valence-corrected chi connectivity index (χ4v) is 2.61. The van der Waals surface area contributed by atoms with Crippen LogP contribution in [0.2, 0.25) is 0 Å². The minimum Gasteiger partial charge on any atom is -0.344 e. The third-order valence-corrected chi connectivity index (χ3v) is 3.82. The van der Waals surface area contributed by atoms with Crippen LogP contribution in [0.5, 0.6) is 0 Å². The Morgan fingerprint density at radius 1 is 1.04 bits per heavy atom. The molecule has 1 amide bonds. The molecule has 132 valence electrons. The zero-order valence-corrected chi connectivity index (χ0v) is 13.7. The Hall–Kier alpha value is -3.20. The summed E-state index contributed by atoms with van der Waals surface area (Å²) in [4.78, 5) is 12.0. The van der Waals surface area contributed by atoms with Crippen molar-refractivity contribution in [3.05, 3.63) is 71.9 Å². The molecule has 6 heteroatoms. The van der Waals surface area contributed by atoms with Crippen LogP contribution in [0.4, 0.5) is 13.2 Å². The van der Waals surface area contributed by atoms with Gasteiger partial charge in [-0.25, -0.2) is 0 Å². The van der Waals surface area contributed by atoms with E-state index in [2.05, 4.69) is 17.2 Å². The van der Waals surface area contributed by atoms with E-state index < -0.39 is 11.7 Å². The van der Waals surface area contributed by atoms with E-state index in [0.717, 1.165) is 17.0 Å². The summed E-state index contributed by atoms with van der Waals surface area (Å²) < 4.78 is 40.5. The van der Waals surface area contributed by atoms with Crippen molar-refractivity contribution in [3.8, 4) is 11.8 Å². The molecular formula is C20H15F3N2O. The number of halogens is 3. The van der Waals surface area contributed by atoms with E-state index in [4.69, 9.17) is 0 Å². The van der Waals surface area contributed by atoms with E-state index >= 15 is 0 Å². The summed E-state index contributed by atoms with van der Waals surface area (Å²) in [6.45, 7) is 0.0958. The minimum atomic E-state index is -4.45. The van der Waals surface area contributed by atoms with Crippen LogP contribution < -0.4 is 5.32 Å². The van der Waals surface area contributed by atoms with Crippen molar-refractivity contribution in [3.63, 3.8) is 0 Å². The predicted molar refractivity (Wildman–Crippen MR) is 93.3 cm³/mol. The molecule has 1 heterocycles. The normalized spacial score (nSPS) is 11.0. The van der Waals surface area contributed by atoms with Gasteiger partial charge in [-0.2, -0.15) is 13.2 Å². The number of carbonyl (C=O) groups is 1. The highest BCUT2D eigenvalue weighted by molar-refractivity contribution is 5.83. The molecule has 1 aromatic heterocycles. The van der Waals surface area contributed by atoms with Crippen molar-refractivity contribution >= 4 is 16.8 Å². The van der Waals surface area contributed by atoms with E-state index in [0.29, 0.717) is 0 Å². The van der Waals surface area contributed by atoms with Crippen LogP contribution in [0, 0.1) is 11.8 Å². The first kappa shape index (κ1) is 17.6. The first-order chi connectivity index (χ1) is 12.4. The van der Waals surface area contributed by atoms with Crippen LogP contribution in [0.25, 0.3) is 10.9 Å². The third-order valence-electron chi connectivity index (χ3n) is 3.82. The maximum Gasteiger partial charge on any atom is 0.417 e. The number of aromatic nitrogens is 1. The number of rotatable bonds is 3. The summed E-state index contributed by atoms with van der Waals surface area (Å²) in [6, 6.07) is 14.7. The van der Waals surface area contributed by atoms with Gasteiger partial charge >= 0.3 is 6.18 Å². The fraction of sp³-hybridized carbons (Fsp3) is 0.150. The van der Waals surface area contributed by atoms with Gasteiger partial charge in [0, 0.05) is 17.3 Å². The smallest absolute Gasteiger partial charge is 0.344 e. The highest BCUT2D eigenvalue weighted by atomic mass is 19.4. The Morgan fingerprint density at radius 3 is 2.58 bits per heavy atom. The molecule has 0 saturated carbocycles. The van der Waals surface area contributed by atoms with Gasteiger partial charge in [0.2, 0.25) is 5.91 Å². The monoisotopic (exact) mass is 356 g/mol. The number of benzene rings is 2. The Balaban J connectivity index is 1.61. The number of carbonyl (C=O) groups excluding carboxylic acids is 1. The van der Waals surface area contributed by atoms with Crippen molar-refractivity contribution in [2.75, 3.05) is 6.54 Å². The lowest BCUT2D eigenvalue weighted by atomic mass is 10.1. The average Bonchev–Trinajstić information content (AvgIpc) is 3.01. The highest BCUT2D eigenvalue weighted by Gasteiger charge is 2.32.